The van der Waals surface area contributed by atoms with Crippen LogP contribution in [0.15, 0.2) is 47.7 Å². The number of methoxy groups -OCH3 is 1. The third-order valence-corrected chi connectivity index (χ3v) is 5.17. The fraction of sp³-hybridized carbons (Fsp3) is 0.273. The number of halogens is 1. The van der Waals surface area contributed by atoms with Gasteiger partial charge in [-0.05, 0) is 56.2 Å². The largest absolute Gasteiger partial charge is 0.493 e. The van der Waals surface area contributed by atoms with Crippen LogP contribution in [0.5, 0.6) is 11.5 Å². The Labute approximate surface area is 180 Å². The van der Waals surface area contributed by atoms with Crippen molar-refractivity contribution in [3.05, 3.63) is 63.8 Å². The fourth-order valence-corrected chi connectivity index (χ4v) is 3.43. The molecule has 0 unspecified atom stereocenters. The summed E-state index contributed by atoms with van der Waals surface area (Å²) in [6.07, 6.45) is 0. The van der Waals surface area contributed by atoms with Crippen molar-refractivity contribution in [3.63, 3.8) is 0 Å². The van der Waals surface area contributed by atoms with Gasteiger partial charge in [0.15, 0.2) is 11.5 Å². The summed E-state index contributed by atoms with van der Waals surface area (Å²) in [5.74, 6) is 0.757. The average Bonchev–Trinajstić information content (AvgIpc) is 2.70. The van der Waals surface area contributed by atoms with Gasteiger partial charge >= 0.3 is 6.03 Å². The van der Waals surface area contributed by atoms with E-state index >= 15 is 0 Å². The van der Waals surface area contributed by atoms with Crippen LogP contribution in [0, 0.1) is 6.92 Å². The third kappa shape index (κ3) is 4.52. The van der Waals surface area contributed by atoms with Gasteiger partial charge in [-0.2, -0.15) is 0 Å². The van der Waals surface area contributed by atoms with Crippen LogP contribution in [0.2, 0.25) is 5.02 Å². The number of hydrogen-bond acceptors (Lipinski definition) is 4. The van der Waals surface area contributed by atoms with Crippen LogP contribution in [-0.2, 0) is 4.79 Å². The van der Waals surface area contributed by atoms with Crippen LogP contribution in [0.25, 0.3) is 0 Å². The van der Waals surface area contributed by atoms with Crippen molar-refractivity contribution >= 4 is 29.2 Å². The summed E-state index contributed by atoms with van der Waals surface area (Å²) in [4.78, 5) is 25.3. The summed E-state index contributed by atoms with van der Waals surface area (Å²) in [6, 6.07) is 9.56. The number of carbonyl (C=O) groups excluding carboxylic acids is 2. The Morgan fingerprint density at radius 1 is 1.17 bits per heavy atom. The lowest BCUT2D eigenvalue weighted by Gasteiger charge is -2.29. The van der Waals surface area contributed by atoms with Crippen LogP contribution < -0.4 is 25.4 Å². The van der Waals surface area contributed by atoms with Crippen molar-refractivity contribution < 1.29 is 19.1 Å². The molecule has 1 aliphatic heterocycles. The van der Waals surface area contributed by atoms with E-state index in [0.29, 0.717) is 45.6 Å². The summed E-state index contributed by atoms with van der Waals surface area (Å²) in [6.45, 7) is 5.95. The second-order valence-electron chi connectivity index (χ2n) is 6.83. The zero-order valence-corrected chi connectivity index (χ0v) is 18.0. The summed E-state index contributed by atoms with van der Waals surface area (Å²) < 4.78 is 11.0. The van der Waals surface area contributed by atoms with Crippen LogP contribution >= 0.6 is 11.6 Å². The Balaban J connectivity index is 1.96. The molecule has 30 heavy (non-hydrogen) atoms. The highest BCUT2D eigenvalue weighted by Crippen LogP contribution is 2.34. The summed E-state index contributed by atoms with van der Waals surface area (Å²) in [7, 11) is 1.54. The number of nitrogens with one attached hydrogen (secondary N) is 3. The van der Waals surface area contributed by atoms with E-state index in [1.54, 1.807) is 44.4 Å². The number of allylic oxidation sites excluding steroid dienone is 1. The van der Waals surface area contributed by atoms with E-state index in [0.717, 1.165) is 5.56 Å². The monoisotopic (exact) mass is 429 g/mol. The maximum Gasteiger partial charge on any atom is 0.319 e. The van der Waals surface area contributed by atoms with Crippen molar-refractivity contribution in [2.24, 2.45) is 0 Å². The molecule has 0 spiro atoms. The SMILES string of the molecule is CCOc1ccc([C@H]2NC(=O)NC(C)=C2C(=O)Nc2ccc(C)c(Cl)c2)cc1OC. The topological polar surface area (TPSA) is 88.7 Å². The minimum Gasteiger partial charge on any atom is -0.493 e. The standard InChI is InChI=1S/C22H24ClN3O4/c1-5-30-17-9-7-14(10-18(17)29-4)20-19(13(3)24-22(28)26-20)21(27)25-15-8-6-12(2)16(23)11-15/h6-11,20H,5H2,1-4H3,(H,25,27)(H2,24,26,28)/t20-/m1/s1. The third-order valence-electron chi connectivity index (χ3n) is 4.76. The Bertz CT molecular complexity index is 1020. The normalized spacial score (nSPS) is 15.9. The second-order valence-corrected chi connectivity index (χ2v) is 7.24. The average molecular weight is 430 g/mol. The molecule has 0 fully saturated rings. The van der Waals surface area contributed by atoms with E-state index in [1.807, 2.05) is 19.9 Å². The number of ether oxygens (including phenoxy) is 2. The van der Waals surface area contributed by atoms with Gasteiger partial charge in [-0.25, -0.2) is 4.79 Å². The summed E-state index contributed by atoms with van der Waals surface area (Å²) in [5.41, 5.74) is 3.02. The molecule has 2 aromatic rings. The lowest BCUT2D eigenvalue weighted by atomic mass is 9.94. The number of hydrogen-bond donors (Lipinski definition) is 3. The molecular weight excluding hydrogens is 406 g/mol. The van der Waals surface area contributed by atoms with Gasteiger partial charge in [0.1, 0.15) is 0 Å². The number of aryl methyl sites for hydroxylation is 1. The molecule has 0 aliphatic carbocycles. The molecule has 1 heterocycles. The van der Waals surface area contributed by atoms with Crippen molar-refractivity contribution in [2.75, 3.05) is 19.0 Å². The van der Waals surface area contributed by atoms with Gasteiger partial charge < -0.3 is 25.4 Å². The van der Waals surface area contributed by atoms with Crippen molar-refractivity contribution in [3.8, 4) is 11.5 Å². The lowest BCUT2D eigenvalue weighted by Crippen LogP contribution is -2.46. The minimum absolute atomic E-state index is 0.349. The molecule has 158 valence electrons. The molecule has 2 aromatic carbocycles. The van der Waals surface area contributed by atoms with Crippen molar-refractivity contribution in [1.29, 1.82) is 0 Å². The van der Waals surface area contributed by atoms with Gasteiger partial charge in [0, 0.05) is 16.4 Å². The first-order valence-corrected chi connectivity index (χ1v) is 9.88. The molecule has 0 aromatic heterocycles. The second kappa shape index (κ2) is 9.09. The van der Waals surface area contributed by atoms with Crippen LogP contribution in [0.4, 0.5) is 10.5 Å². The van der Waals surface area contributed by atoms with Crippen LogP contribution in [0.3, 0.4) is 0 Å². The van der Waals surface area contributed by atoms with Gasteiger partial charge in [-0.1, -0.05) is 23.7 Å². The Kier molecular flexibility index (Phi) is 6.52. The molecule has 7 nitrogen and oxygen atoms in total. The number of amides is 3. The van der Waals surface area contributed by atoms with Gasteiger partial charge in [-0.15, -0.1) is 0 Å². The molecule has 0 saturated carbocycles. The van der Waals surface area contributed by atoms with Gasteiger partial charge in [0.05, 0.1) is 25.3 Å². The zero-order valence-electron chi connectivity index (χ0n) is 17.3. The predicted octanol–water partition coefficient (Wildman–Crippen LogP) is 4.32. The predicted molar refractivity (Wildman–Crippen MR) is 116 cm³/mol. The molecule has 1 aliphatic rings. The molecular formula is C22H24ClN3O4. The zero-order chi connectivity index (χ0) is 21.8. The van der Waals surface area contributed by atoms with E-state index in [2.05, 4.69) is 16.0 Å². The maximum atomic E-state index is 13.1. The first kappa shape index (κ1) is 21.5. The molecule has 0 saturated heterocycles. The number of carbonyl (C=O) groups is 2. The van der Waals surface area contributed by atoms with Crippen molar-refractivity contribution in [2.45, 2.75) is 26.8 Å². The van der Waals surface area contributed by atoms with Crippen LogP contribution in [-0.4, -0.2) is 25.7 Å². The van der Waals surface area contributed by atoms with E-state index < -0.39 is 6.04 Å². The molecule has 8 heteroatoms. The highest BCUT2D eigenvalue weighted by molar-refractivity contribution is 6.31. The smallest absolute Gasteiger partial charge is 0.319 e. The number of urea groups is 1. The summed E-state index contributed by atoms with van der Waals surface area (Å²) in [5, 5.41) is 8.89. The molecule has 1 atom stereocenters. The van der Waals surface area contributed by atoms with Gasteiger partial charge in [0.2, 0.25) is 0 Å². The minimum atomic E-state index is -0.663. The quantitative estimate of drug-likeness (QED) is 0.638. The van der Waals surface area contributed by atoms with E-state index in [4.69, 9.17) is 21.1 Å². The fourth-order valence-electron chi connectivity index (χ4n) is 3.25. The molecule has 3 N–H and O–H groups in total. The first-order chi connectivity index (χ1) is 14.3. The number of anilines is 1. The molecule has 0 bridgehead atoms. The van der Waals surface area contributed by atoms with E-state index in [9.17, 15) is 9.59 Å². The molecule has 3 rings (SSSR count). The first-order valence-electron chi connectivity index (χ1n) is 9.50. The number of benzene rings is 2. The van der Waals surface area contributed by atoms with E-state index in [1.165, 1.54) is 0 Å². The van der Waals surface area contributed by atoms with E-state index in [-0.39, 0.29) is 11.9 Å². The van der Waals surface area contributed by atoms with Gasteiger partial charge in [0.25, 0.3) is 5.91 Å². The Morgan fingerprint density at radius 3 is 2.60 bits per heavy atom. The highest BCUT2D eigenvalue weighted by atomic mass is 35.5. The van der Waals surface area contributed by atoms with Crippen LogP contribution in [0.1, 0.15) is 31.0 Å². The molecule has 0 radical (unpaired) electrons. The summed E-state index contributed by atoms with van der Waals surface area (Å²) >= 11 is 6.17. The Morgan fingerprint density at radius 2 is 1.93 bits per heavy atom. The Hall–Kier alpha value is -3.19. The highest BCUT2D eigenvalue weighted by Gasteiger charge is 2.32. The number of rotatable bonds is 6. The van der Waals surface area contributed by atoms with Gasteiger partial charge in [-0.3, -0.25) is 4.79 Å². The lowest BCUT2D eigenvalue weighted by molar-refractivity contribution is -0.113. The maximum absolute atomic E-state index is 13.1. The van der Waals surface area contributed by atoms with Crippen molar-refractivity contribution in [1.82, 2.24) is 10.6 Å². The molecule has 3 amide bonds.